The van der Waals surface area contributed by atoms with Crippen molar-refractivity contribution in [1.82, 2.24) is 4.98 Å². The largest absolute Gasteiger partial charge is 0.493 e. The van der Waals surface area contributed by atoms with Gasteiger partial charge in [-0.15, -0.1) is 0 Å². The van der Waals surface area contributed by atoms with Crippen molar-refractivity contribution < 1.29 is 19.0 Å². The molecule has 1 heterocycles. The zero-order chi connectivity index (χ0) is 21.5. The number of anilines is 1. The second-order valence-electron chi connectivity index (χ2n) is 6.53. The first-order valence-corrected chi connectivity index (χ1v) is 9.62. The Morgan fingerprint density at radius 2 is 1.55 bits per heavy atom. The minimum Gasteiger partial charge on any atom is -0.493 e. The normalized spacial score (nSPS) is 10.2. The quantitative estimate of drug-likeness (QED) is 0.408. The van der Waals surface area contributed by atoms with Crippen LogP contribution in [-0.4, -0.2) is 18.0 Å². The summed E-state index contributed by atoms with van der Waals surface area (Å²) in [7, 11) is 1.59. The molecule has 0 aliphatic heterocycles. The van der Waals surface area contributed by atoms with Crippen LogP contribution in [0.4, 0.5) is 5.69 Å². The summed E-state index contributed by atoms with van der Waals surface area (Å²) < 4.78 is 16.8. The highest BCUT2D eigenvalue weighted by atomic mass is 16.5. The number of hydrogen-bond acceptors (Lipinski definition) is 5. The van der Waals surface area contributed by atoms with E-state index in [2.05, 4.69) is 10.3 Å². The van der Waals surface area contributed by atoms with Gasteiger partial charge in [0.2, 0.25) is 5.88 Å². The van der Waals surface area contributed by atoms with E-state index in [4.69, 9.17) is 14.2 Å². The van der Waals surface area contributed by atoms with Gasteiger partial charge in [-0.25, -0.2) is 4.98 Å². The molecule has 31 heavy (non-hydrogen) atoms. The molecule has 3 aromatic carbocycles. The molecule has 4 aromatic rings. The van der Waals surface area contributed by atoms with E-state index in [0.717, 1.165) is 0 Å². The average Bonchev–Trinajstić information content (AvgIpc) is 2.81. The van der Waals surface area contributed by atoms with Crippen LogP contribution < -0.4 is 19.5 Å². The van der Waals surface area contributed by atoms with Gasteiger partial charge in [-0.1, -0.05) is 24.3 Å². The number of benzene rings is 3. The van der Waals surface area contributed by atoms with Crippen molar-refractivity contribution in [2.24, 2.45) is 0 Å². The lowest BCUT2D eigenvalue weighted by molar-refractivity contribution is 0.102. The molecule has 4 rings (SSSR count). The van der Waals surface area contributed by atoms with Gasteiger partial charge in [-0.05, 0) is 60.7 Å². The van der Waals surface area contributed by atoms with Crippen molar-refractivity contribution in [3.8, 4) is 28.9 Å². The van der Waals surface area contributed by atoms with E-state index in [0.29, 0.717) is 40.1 Å². The molecule has 0 bridgehead atoms. The lowest BCUT2D eigenvalue weighted by atomic mass is 10.2. The summed E-state index contributed by atoms with van der Waals surface area (Å²) in [5, 5.41) is 2.87. The number of rotatable bonds is 7. The molecule has 0 atom stereocenters. The summed E-state index contributed by atoms with van der Waals surface area (Å²) in [5.74, 6) is 2.65. The molecular weight excluding hydrogens is 392 g/mol. The van der Waals surface area contributed by atoms with Crippen molar-refractivity contribution in [2.45, 2.75) is 0 Å². The van der Waals surface area contributed by atoms with E-state index in [1.807, 2.05) is 36.4 Å². The van der Waals surface area contributed by atoms with Crippen molar-refractivity contribution in [2.75, 3.05) is 12.4 Å². The molecule has 1 amide bonds. The van der Waals surface area contributed by atoms with Crippen molar-refractivity contribution >= 4 is 11.6 Å². The van der Waals surface area contributed by atoms with Crippen LogP contribution in [0.25, 0.3) is 0 Å². The molecule has 1 N–H and O–H groups in total. The fourth-order valence-corrected chi connectivity index (χ4v) is 2.87. The SMILES string of the molecule is COc1ccccc1Oc1ccc(NC(=O)c2cccc(Oc3ccccn3)c2)cc1. The number of carbonyl (C=O) groups excluding carboxylic acids is 1. The molecule has 0 spiro atoms. The van der Waals surface area contributed by atoms with Crippen LogP contribution in [0.1, 0.15) is 10.4 Å². The van der Waals surface area contributed by atoms with Gasteiger partial charge in [0, 0.05) is 23.5 Å². The van der Waals surface area contributed by atoms with Crippen LogP contribution in [0.3, 0.4) is 0 Å². The number of carbonyl (C=O) groups is 1. The first kappa shape index (κ1) is 20.0. The van der Waals surface area contributed by atoms with Crippen molar-refractivity contribution in [3.63, 3.8) is 0 Å². The van der Waals surface area contributed by atoms with Gasteiger partial charge in [-0.2, -0.15) is 0 Å². The molecule has 0 saturated heterocycles. The molecule has 0 aliphatic carbocycles. The molecule has 0 radical (unpaired) electrons. The van der Waals surface area contributed by atoms with E-state index in [1.165, 1.54) is 0 Å². The summed E-state index contributed by atoms with van der Waals surface area (Å²) in [6.45, 7) is 0. The monoisotopic (exact) mass is 412 g/mol. The van der Waals surface area contributed by atoms with Gasteiger partial charge in [-0.3, -0.25) is 4.79 Å². The number of ether oxygens (including phenoxy) is 3. The Labute approximate surface area is 180 Å². The van der Waals surface area contributed by atoms with Crippen LogP contribution >= 0.6 is 0 Å². The van der Waals surface area contributed by atoms with Crippen LogP contribution in [-0.2, 0) is 0 Å². The van der Waals surface area contributed by atoms with Crippen LogP contribution in [0.5, 0.6) is 28.9 Å². The maximum Gasteiger partial charge on any atom is 0.255 e. The Bertz CT molecular complexity index is 1160. The molecule has 6 nitrogen and oxygen atoms in total. The van der Waals surface area contributed by atoms with E-state index in [1.54, 1.807) is 67.9 Å². The fraction of sp³-hybridized carbons (Fsp3) is 0.0400. The number of nitrogens with zero attached hydrogens (tertiary/aromatic N) is 1. The van der Waals surface area contributed by atoms with Gasteiger partial charge in [0.1, 0.15) is 11.5 Å². The van der Waals surface area contributed by atoms with Gasteiger partial charge >= 0.3 is 0 Å². The topological polar surface area (TPSA) is 69.7 Å². The maximum atomic E-state index is 12.6. The van der Waals surface area contributed by atoms with Crippen molar-refractivity contribution in [1.29, 1.82) is 0 Å². The number of pyridine rings is 1. The van der Waals surface area contributed by atoms with Gasteiger partial charge < -0.3 is 19.5 Å². The summed E-state index contributed by atoms with van der Waals surface area (Å²) in [4.78, 5) is 16.8. The molecule has 6 heteroatoms. The zero-order valence-electron chi connectivity index (χ0n) is 16.8. The fourth-order valence-electron chi connectivity index (χ4n) is 2.87. The molecule has 0 unspecified atom stereocenters. The molecule has 1 aromatic heterocycles. The standard InChI is InChI=1S/C25H20N2O4/c1-29-22-9-2-3-10-23(22)30-20-14-12-19(13-15-20)27-25(28)18-7-6-8-21(17-18)31-24-11-4-5-16-26-24/h2-17H,1H3,(H,27,28). The number of amides is 1. The highest BCUT2D eigenvalue weighted by Gasteiger charge is 2.09. The van der Waals surface area contributed by atoms with E-state index in [9.17, 15) is 4.79 Å². The van der Waals surface area contributed by atoms with Gasteiger partial charge in [0.05, 0.1) is 7.11 Å². The Hall–Kier alpha value is -4.32. The molecular formula is C25H20N2O4. The third-order valence-electron chi connectivity index (χ3n) is 4.37. The van der Waals surface area contributed by atoms with Crippen LogP contribution in [0, 0.1) is 0 Å². The zero-order valence-corrected chi connectivity index (χ0v) is 16.8. The average molecular weight is 412 g/mol. The van der Waals surface area contributed by atoms with Gasteiger partial charge in [0.15, 0.2) is 11.5 Å². The van der Waals surface area contributed by atoms with E-state index < -0.39 is 0 Å². The summed E-state index contributed by atoms with van der Waals surface area (Å²) in [6, 6.07) is 26.8. The third-order valence-corrected chi connectivity index (χ3v) is 4.37. The molecule has 0 fully saturated rings. The first-order valence-electron chi connectivity index (χ1n) is 9.62. The van der Waals surface area contributed by atoms with Gasteiger partial charge in [0.25, 0.3) is 5.91 Å². The highest BCUT2D eigenvalue weighted by molar-refractivity contribution is 6.04. The first-order chi connectivity index (χ1) is 15.2. The second kappa shape index (κ2) is 9.45. The minimum atomic E-state index is -0.245. The molecule has 154 valence electrons. The lowest BCUT2D eigenvalue weighted by Gasteiger charge is -2.11. The Morgan fingerprint density at radius 3 is 2.29 bits per heavy atom. The lowest BCUT2D eigenvalue weighted by Crippen LogP contribution is -2.11. The smallest absolute Gasteiger partial charge is 0.255 e. The summed E-state index contributed by atoms with van der Waals surface area (Å²) in [5.41, 5.74) is 1.12. The molecule has 0 aliphatic rings. The summed E-state index contributed by atoms with van der Waals surface area (Å²) in [6.07, 6.45) is 1.65. The number of methoxy groups -OCH3 is 1. The minimum absolute atomic E-state index is 0.245. The number of aromatic nitrogens is 1. The summed E-state index contributed by atoms with van der Waals surface area (Å²) >= 11 is 0. The molecule has 0 saturated carbocycles. The number of hydrogen-bond donors (Lipinski definition) is 1. The van der Waals surface area contributed by atoms with E-state index in [-0.39, 0.29) is 5.91 Å². The van der Waals surface area contributed by atoms with Crippen LogP contribution in [0.15, 0.2) is 97.2 Å². The highest BCUT2D eigenvalue weighted by Crippen LogP contribution is 2.31. The van der Waals surface area contributed by atoms with E-state index >= 15 is 0 Å². The second-order valence-corrected chi connectivity index (χ2v) is 6.53. The predicted molar refractivity (Wildman–Crippen MR) is 118 cm³/mol. The maximum absolute atomic E-state index is 12.6. The number of para-hydroxylation sites is 2. The van der Waals surface area contributed by atoms with Crippen LogP contribution in [0.2, 0.25) is 0 Å². The Morgan fingerprint density at radius 1 is 0.774 bits per heavy atom. The Kier molecular flexibility index (Phi) is 6.09. The van der Waals surface area contributed by atoms with Crippen molar-refractivity contribution in [3.05, 3.63) is 103 Å². The predicted octanol–water partition coefficient (Wildman–Crippen LogP) is 5.93. The Balaban J connectivity index is 1.41. The third kappa shape index (κ3) is 5.19. The number of nitrogens with one attached hydrogen (secondary N) is 1.